The van der Waals surface area contributed by atoms with E-state index in [1.807, 2.05) is 26.8 Å². The highest BCUT2D eigenvalue weighted by atomic mass is 16.5. The van der Waals surface area contributed by atoms with Gasteiger partial charge in [-0.3, -0.25) is 0 Å². The summed E-state index contributed by atoms with van der Waals surface area (Å²) in [5, 5.41) is 0. The molecule has 3 heteroatoms. The van der Waals surface area contributed by atoms with Crippen LogP contribution in [0.5, 0.6) is 11.5 Å². The largest absolute Gasteiger partial charge is 0.494 e. The monoisotopic (exact) mass is 195 g/mol. The van der Waals surface area contributed by atoms with Gasteiger partial charge in [0, 0.05) is 23.9 Å². The van der Waals surface area contributed by atoms with Crippen molar-refractivity contribution in [1.29, 1.82) is 0 Å². The van der Waals surface area contributed by atoms with Gasteiger partial charge in [0.25, 0.3) is 0 Å². The molecule has 1 aromatic carbocycles. The predicted molar refractivity (Wildman–Crippen MR) is 57.8 cm³/mol. The van der Waals surface area contributed by atoms with Crippen molar-refractivity contribution in [3.8, 4) is 11.5 Å². The molecule has 0 fully saturated rings. The van der Waals surface area contributed by atoms with E-state index >= 15 is 0 Å². The fourth-order valence-electron chi connectivity index (χ4n) is 1.18. The van der Waals surface area contributed by atoms with Gasteiger partial charge >= 0.3 is 0 Å². The standard InChI is InChI=1S/C11H17NO2/c1-4-13-10-5-9(12)6-11(7-10)14-8(2)3/h5-8H,4,12H2,1-3H3. The first-order valence-corrected chi connectivity index (χ1v) is 4.82. The second kappa shape index (κ2) is 4.74. The van der Waals surface area contributed by atoms with Gasteiger partial charge in [-0.05, 0) is 20.8 Å². The van der Waals surface area contributed by atoms with Gasteiger partial charge in [-0.1, -0.05) is 0 Å². The summed E-state index contributed by atoms with van der Waals surface area (Å²) in [6.07, 6.45) is 0.145. The topological polar surface area (TPSA) is 44.5 Å². The van der Waals surface area contributed by atoms with E-state index in [1.165, 1.54) is 0 Å². The minimum absolute atomic E-state index is 0.145. The van der Waals surface area contributed by atoms with Gasteiger partial charge in [-0.2, -0.15) is 0 Å². The summed E-state index contributed by atoms with van der Waals surface area (Å²) in [5.41, 5.74) is 6.36. The number of ether oxygens (including phenoxy) is 2. The Morgan fingerprint density at radius 1 is 1.21 bits per heavy atom. The van der Waals surface area contributed by atoms with Crippen molar-refractivity contribution in [2.45, 2.75) is 26.9 Å². The molecule has 0 spiro atoms. The number of benzene rings is 1. The predicted octanol–water partition coefficient (Wildman–Crippen LogP) is 2.45. The smallest absolute Gasteiger partial charge is 0.125 e. The van der Waals surface area contributed by atoms with E-state index in [4.69, 9.17) is 15.2 Å². The fraction of sp³-hybridized carbons (Fsp3) is 0.455. The Balaban J connectivity index is 2.83. The number of hydrogen-bond acceptors (Lipinski definition) is 3. The third kappa shape index (κ3) is 3.17. The lowest BCUT2D eigenvalue weighted by Gasteiger charge is -2.12. The van der Waals surface area contributed by atoms with Gasteiger partial charge in [-0.25, -0.2) is 0 Å². The van der Waals surface area contributed by atoms with Crippen LogP contribution in [0.15, 0.2) is 18.2 Å². The molecule has 0 aliphatic carbocycles. The molecule has 0 atom stereocenters. The minimum Gasteiger partial charge on any atom is -0.494 e. The molecule has 0 saturated heterocycles. The van der Waals surface area contributed by atoms with Crippen LogP contribution >= 0.6 is 0 Å². The van der Waals surface area contributed by atoms with Crippen LogP contribution in [-0.4, -0.2) is 12.7 Å². The van der Waals surface area contributed by atoms with Crippen molar-refractivity contribution in [3.05, 3.63) is 18.2 Å². The second-order valence-electron chi connectivity index (χ2n) is 3.34. The summed E-state index contributed by atoms with van der Waals surface area (Å²) in [6, 6.07) is 5.43. The number of rotatable bonds is 4. The molecule has 78 valence electrons. The maximum Gasteiger partial charge on any atom is 0.125 e. The van der Waals surface area contributed by atoms with E-state index in [2.05, 4.69) is 0 Å². The quantitative estimate of drug-likeness (QED) is 0.750. The third-order valence-corrected chi connectivity index (χ3v) is 1.59. The summed E-state index contributed by atoms with van der Waals surface area (Å²) in [5.74, 6) is 1.51. The van der Waals surface area contributed by atoms with E-state index in [0.717, 1.165) is 11.5 Å². The molecular formula is C11H17NO2. The summed E-state index contributed by atoms with van der Waals surface area (Å²) >= 11 is 0. The first-order valence-electron chi connectivity index (χ1n) is 4.82. The van der Waals surface area contributed by atoms with E-state index in [9.17, 15) is 0 Å². The Morgan fingerprint density at radius 2 is 1.86 bits per heavy atom. The summed E-state index contributed by atoms with van der Waals surface area (Å²) in [7, 11) is 0. The molecule has 14 heavy (non-hydrogen) atoms. The zero-order valence-electron chi connectivity index (χ0n) is 8.91. The van der Waals surface area contributed by atoms with Gasteiger partial charge < -0.3 is 15.2 Å². The first-order chi connectivity index (χ1) is 6.61. The lowest BCUT2D eigenvalue weighted by atomic mass is 10.3. The van der Waals surface area contributed by atoms with Crippen LogP contribution in [0.25, 0.3) is 0 Å². The number of anilines is 1. The molecule has 0 radical (unpaired) electrons. The average Bonchev–Trinajstić information content (AvgIpc) is 2.01. The molecule has 0 bridgehead atoms. The molecule has 3 nitrogen and oxygen atoms in total. The van der Waals surface area contributed by atoms with E-state index < -0.39 is 0 Å². The molecule has 0 aliphatic heterocycles. The second-order valence-corrected chi connectivity index (χ2v) is 3.34. The SMILES string of the molecule is CCOc1cc(N)cc(OC(C)C)c1. The molecule has 0 amide bonds. The number of hydrogen-bond donors (Lipinski definition) is 1. The summed E-state index contributed by atoms with van der Waals surface area (Å²) < 4.78 is 10.9. The lowest BCUT2D eigenvalue weighted by Crippen LogP contribution is -2.06. The Kier molecular flexibility index (Phi) is 3.63. The van der Waals surface area contributed by atoms with Gasteiger partial charge in [0.1, 0.15) is 11.5 Å². The first kappa shape index (κ1) is 10.7. The molecule has 1 aromatic rings. The van der Waals surface area contributed by atoms with Crippen LogP contribution < -0.4 is 15.2 Å². The van der Waals surface area contributed by atoms with Gasteiger partial charge in [-0.15, -0.1) is 0 Å². The van der Waals surface area contributed by atoms with Crippen LogP contribution in [-0.2, 0) is 0 Å². The Hall–Kier alpha value is -1.38. The van der Waals surface area contributed by atoms with Crippen molar-refractivity contribution in [2.24, 2.45) is 0 Å². The highest BCUT2D eigenvalue weighted by Crippen LogP contribution is 2.25. The van der Waals surface area contributed by atoms with Crippen LogP contribution in [0.4, 0.5) is 5.69 Å². The maximum atomic E-state index is 5.71. The molecule has 0 aromatic heterocycles. The van der Waals surface area contributed by atoms with E-state index in [-0.39, 0.29) is 6.10 Å². The van der Waals surface area contributed by atoms with E-state index in [1.54, 1.807) is 12.1 Å². The molecule has 0 unspecified atom stereocenters. The molecule has 2 N–H and O–H groups in total. The van der Waals surface area contributed by atoms with Crippen molar-refractivity contribution in [2.75, 3.05) is 12.3 Å². The van der Waals surface area contributed by atoms with Gasteiger partial charge in [0.2, 0.25) is 0 Å². The highest BCUT2D eigenvalue weighted by molar-refractivity contribution is 5.50. The maximum absolute atomic E-state index is 5.71. The molecule has 0 saturated carbocycles. The van der Waals surface area contributed by atoms with Crippen molar-refractivity contribution in [1.82, 2.24) is 0 Å². The number of nitrogen functional groups attached to an aromatic ring is 1. The third-order valence-electron chi connectivity index (χ3n) is 1.59. The van der Waals surface area contributed by atoms with E-state index in [0.29, 0.717) is 12.3 Å². The Labute approximate surface area is 84.8 Å². The van der Waals surface area contributed by atoms with Gasteiger partial charge in [0.15, 0.2) is 0 Å². The summed E-state index contributed by atoms with van der Waals surface area (Å²) in [4.78, 5) is 0. The zero-order chi connectivity index (χ0) is 10.6. The lowest BCUT2D eigenvalue weighted by molar-refractivity contribution is 0.240. The van der Waals surface area contributed by atoms with Crippen molar-refractivity contribution >= 4 is 5.69 Å². The fourth-order valence-corrected chi connectivity index (χ4v) is 1.18. The molecule has 0 aliphatic rings. The zero-order valence-corrected chi connectivity index (χ0v) is 8.91. The summed E-state index contributed by atoms with van der Waals surface area (Å²) in [6.45, 7) is 6.52. The Morgan fingerprint density at radius 3 is 2.43 bits per heavy atom. The average molecular weight is 195 g/mol. The molecule has 0 heterocycles. The van der Waals surface area contributed by atoms with Crippen molar-refractivity contribution in [3.63, 3.8) is 0 Å². The minimum atomic E-state index is 0.145. The van der Waals surface area contributed by atoms with Crippen LogP contribution in [0.3, 0.4) is 0 Å². The molecule has 1 rings (SSSR count). The van der Waals surface area contributed by atoms with Gasteiger partial charge in [0.05, 0.1) is 12.7 Å². The van der Waals surface area contributed by atoms with Crippen molar-refractivity contribution < 1.29 is 9.47 Å². The molecular weight excluding hydrogens is 178 g/mol. The highest BCUT2D eigenvalue weighted by Gasteiger charge is 2.02. The van der Waals surface area contributed by atoms with Crippen LogP contribution in [0.2, 0.25) is 0 Å². The Bertz CT molecular complexity index is 297. The normalized spacial score (nSPS) is 10.3. The van der Waals surface area contributed by atoms with Crippen LogP contribution in [0, 0.1) is 0 Å². The number of nitrogens with two attached hydrogens (primary N) is 1. The van der Waals surface area contributed by atoms with Crippen LogP contribution in [0.1, 0.15) is 20.8 Å².